The number of anilines is 1. The first-order valence-electron chi connectivity index (χ1n) is 8.57. The second-order valence-corrected chi connectivity index (χ2v) is 6.49. The monoisotopic (exact) mass is 344 g/mol. The van der Waals surface area contributed by atoms with Gasteiger partial charge < -0.3 is 14.8 Å². The summed E-state index contributed by atoms with van der Waals surface area (Å²) in [5.41, 5.74) is 4.32. The van der Waals surface area contributed by atoms with Gasteiger partial charge in [-0.1, -0.05) is 30.3 Å². The third kappa shape index (κ3) is 3.02. The molecule has 1 atom stereocenters. The van der Waals surface area contributed by atoms with Crippen LogP contribution in [0.25, 0.3) is 10.9 Å². The van der Waals surface area contributed by atoms with Gasteiger partial charge in [0.2, 0.25) is 0 Å². The lowest BCUT2D eigenvalue weighted by molar-refractivity contribution is 0.458. The van der Waals surface area contributed by atoms with E-state index in [9.17, 15) is 5.11 Å². The summed E-state index contributed by atoms with van der Waals surface area (Å²) in [6, 6.07) is 19.4. The van der Waals surface area contributed by atoms with Crippen molar-refractivity contribution in [2.24, 2.45) is 0 Å². The van der Waals surface area contributed by atoms with Crippen LogP contribution in [0.5, 0.6) is 5.75 Å². The van der Waals surface area contributed by atoms with Crippen molar-refractivity contribution >= 4 is 16.6 Å². The first-order chi connectivity index (χ1) is 12.6. The summed E-state index contributed by atoms with van der Waals surface area (Å²) in [5, 5.41) is 15.3. The molecule has 0 fully saturated rings. The van der Waals surface area contributed by atoms with Crippen LogP contribution in [0.1, 0.15) is 28.6 Å². The summed E-state index contributed by atoms with van der Waals surface area (Å²) >= 11 is 0. The minimum absolute atomic E-state index is 0.174. The van der Waals surface area contributed by atoms with E-state index in [0.29, 0.717) is 5.52 Å². The van der Waals surface area contributed by atoms with Gasteiger partial charge in [-0.05, 0) is 49.7 Å². The molecule has 0 aliphatic heterocycles. The quantitative estimate of drug-likeness (QED) is 0.524. The van der Waals surface area contributed by atoms with E-state index < -0.39 is 0 Å². The number of phenolic OH excluding ortho intramolecular Hbond substituents is 1. The highest BCUT2D eigenvalue weighted by atomic mass is 16.3. The molecule has 130 valence electrons. The van der Waals surface area contributed by atoms with Crippen molar-refractivity contribution in [1.82, 2.24) is 4.98 Å². The number of pyridine rings is 1. The number of hydrogen-bond donors (Lipinski definition) is 2. The highest BCUT2D eigenvalue weighted by Crippen LogP contribution is 2.36. The molecule has 1 unspecified atom stereocenters. The number of nitrogens with one attached hydrogen (secondary N) is 1. The van der Waals surface area contributed by atoms with Crippen molar-refractivity contribution < 1.29 is 9.52 Å². The van der Waals surface area contributed by atoms with Crippen LogP contribution in [0.3, 0.4) is 0 Å². The highest BCUT2D eigenvalue weighted by molar-refractivity contribution is 5.86. The summed E-state index contributed by atoms with van der Waals surface area (Å²) in [6.45, 7) is 3.97. The summed E-state index contributed by atoms with van der Waals surface area (Å²) in [7, 11) is 0. The Kier molecular flexibility index (Phi) is 4.09. The van der Waals surface area contributed by atoms with Gasteiger partial charge in [0, 0.05) is 22.3 Å². The summed E-state index contributed by atoms with van der Waals surface area (Å²) in [4.78, 5) is 4.51. The van der Waals surface area contributed by atoms with Gasteiger partial charge in [-0.3, -0.25) is 0 Å². The molecule has 0 radical (unpaired) electrons. The van der Waals surface area contributed by atoms with Crippen LogP contribution < -0.4 is 5.32 Å². The van der Waals surface area contributed by atoms with Crippen molar-refractivity contribution in [3.63, 3.8) is 0 Å². The predicted molar refractivity (Wildman–Crippen MR) is 103 cm³/mol. The number of rotatable bonds is 4. The molecule has 4 aromatic rings. The molecule has 0 aliphatic rings. The molecule has 4 heteroatoms. The van der Waals surface area contributed by atoms with Crippen LogP contribution in [-0.2, 0) is 0 Å². The number of aryl methyl sites for hydroxylation is 2. The number of phenols is 1. The lowest BCUT2D eigenvalue weighted by Crippen LogP contribution is -2.12. The molecule has 26 heavy (non-hydrogen) atoms. The molecule has 2 heterocycles. The van der Waals surface area contributed by atoms with Crippen molar-refractivity contribution in [3.05, 3.63) is 89.5 Å². The van der Waals surface area contributed by atoms with E-state index in [1.54, 1.807) is 6.26 Å². The smallest absolute Gasteiger partial charge is 0.147 e. The molecule has 0 saturated heterocycles. The maximum atomic E-state index is 10.9. The Morgan fingerprint density at radius 3 is 2.62 bits per heavy atom. The van der Waals surface area contributed by atoms with Crippen LogP contribution >= 0.6 is 0 Å². The summed E-state index contributed by atoms with van der Waals surface area (Å²) in [5.74, 6) is 0.904. The second kappa shape index (κ2) is 6.56. The zero-order valence-electron chi connectivity index (χ0n) is 14.7. The molecule has 4 rings (SSSR count). The van der Waals surface area contributed by atoms with Gasteiger partial charge >= 0.3 is 0 Å². The highest BCUT2D eigenvalue weighted by Gasteiger charge is 2.22. The normalized spacial score (nSPS) is 12.2. The molecule has 2 aromatic carbocycles. The number of aromatic nitrogens is 1. The standard InChI is InChI=1S/C22H20N2O2/c1-14-5-3-6-17(13-14)24-21(19-7-4-12-26-19)18-11-10-16-9-8-15(2)23-20(16)22(18)25/h3-13,21,24-25H,1-2H3. The van der Waals surface area contributed by atoms with Gasteiger partial charge in [0.05, 0.1) is 6.26 Å². The number of aromatic hydroxyl groups is 1. The molecule has 0 spiro atoms. The zero-order chi connectivity index (χ0) is 18.1. The van der Waals surface area contributed by atoms with E-state index in [1.807, 2.05) is 68.4 Å². The third-order valence-corrected chi connectivity index (χ3v) is 4.47. The second-order valence-electron chi connectivity index (χ2n) is 6.49. The van der Waals surface area contributed by atoms with Gasteiger partial charge in [0.1, 0.15) is 23.1 Å². The number of fused-ring (bicyclic) bond motifs is 1. The van der Waals surface area contributed by atoms with E-state index in [0.717, 1.165) is 33.7 Å². The van der Waals surface area contributed by atoms with Crippen LogP contribution in [-0.4, -0.2) is 10.1 Å². The van der Waals surface area contributed by atoms with Crippen LogP contribution in [0.15, 0.2) is 71.3 Å². The number of nitrogens with zero attached hydrogens (tertiary/aromatic N) is 1. The van der Waals surface area contributed by atoms with E-state index >= 15 is 0 Å². The number of furan rings is 1. The molecule has 0 saturated carbocycles. The summed E-state index contributed by atoms with van der Waals surface area (Å²) < 4.78 is 5.65. The number of hydrogen-bond acceptors (Lipinski definition) is 4. The predicted octanol–water partition coefficient (Wildman–Crippen LogP) is 5.35. The number of benzene rings is 2. The fourth-order valence-corrected chi connectivity index (χ4v) is 3.18. The Bertz CT molecular complexity index is 1060. The average Bonchev–Trinajstić information content (AvgIpc) is 3.15. The SMILES string of the molecule is Cc1cccc(NC(c2ccco2)c2ccc3ccc(C)nc3c2O)c1. The molecular formula is C22H20N2O2. The fraction of sp³-hybridized carbons (Fsp3) is 0.136. The molecular weight excluding hydrogens is 324 g/mol. The van der Waals surface area contributed by atoms with E-state index in [1.165, 1.54) is 0 Å². The molecule has 0 bridgehead atoms. The third-order valence-electron chi connectivity index (χ3n) is 4.47. The Morgan fingerprint density at radius 1 is 1.00 bits per heavy atom. The maximum absolute atomic E-state index is 10.9. The van der Waals surface area contributed by atoms with Crippen molar-refractivity contribution in [1.29, 1.82) is 0 Å². The van der Waals surface area contributed by atoms with E-state index in [-0.39, 0.29) is 11.8 Å². The Morgan fingerprint density at radius 2 is 1.85 bits per heavy atom. The lowest BCUT2D eigenvalue weighted by atomic mass is 10.00. The molecule has 4 nitrogen and oxygen atoms in total. The Labute approximate surface area is 152 Å². The van der Waals surface area contributed by atoms with E-state index in [2.05, 4.69) is 16.4 Å². The minimum atomic E-state index is -0.321. The van der Waals surface area contributed by atoms with Gasteiger partial charge in [-0.15, -0.1) is 0 Å². The van der Waals surface area contributed by atoms with Crippen LogP contribution in [0.2, 0.25) is 0 Å². The van der Waals surface area contributed by atoms with Gasteiger partial charge in [0.25, 0.3) is 0 Å². The van der Waals surface area contributed by atoms with Crippen molar-refractivity contribution in [3.8, 4) is 5.75 Å². The molecule has 0 aliphatic carbocycles. The van der Waals surface area contributed by atoms with Gasteiger partial charge in [-0.25, -0.2) is 4.98 Å². The van der Waals surface area contributed by atoms with Gasteiger partial charge in [0.15, 0.2) is 0 Å². The first kappa shape index (κ1) is 16.2. The lowest BCUT2D eigenvalue weighted by Gasteiger charge is -2.20. The molecule has 2 N–H and O–H groups in total. The average molecular weight is 344 g/mol. The van der Waals surface area contributed by atoms with Crippen LogP contribution in [0, 0.1) is 13.8 Å². The molecule has 2 aromatic heterocycles. The Balaban J connectivity index is 1.84. The van der Waals surface area contributed by atoms with Crippen molar-refractivity contribution in [2.75, 3.05) is 5.32 Å². The van der Waals surface area contributed by atoms with Crippen LogP contribution in [0.4, 0.5) is 5.69 Å². The fourth-order valence-electron chi connectivity index (χ4n) is 3.18. The maximum Gasteiger partial charge on any atom is 0.147 e. The Hall–Kier alpha value is -3.27. The summed E-state index contributed by atoms with van der Waals surface area (Å²) in [6.07, 6.45) is 1.64. The van der Waals surface area contributed by atoms with Crippen molar-refractivity contribution in [2.45, 2.75) is 19.9 Å². The minimum Gasteiger partial charge on any atom is -0.505 e. The largest absolute Gasteiger partial charge is 0.505 e. The zero-order valence-corrected chi connectivity index (χ0v) is 14.7. The van der Waals surface area contributed by atoms with E-state index in [4.69, 9.17) is 4.42 Å². The molecule has 0 amide bonds. The topological polar surface area (TPSA) is 58.3 Å². The first-order valence-corrected chi connectivity index (χ1v) is 8.57. The van der Waals surface area contributed by atoms with Gasteiger partial charge in [-0.2, -0.15) is 0 Å².